The summed E-state index contributed by atoms with van der Waals surface area (Å²) in [6, 6.07) is 12.8. The van der Waals surface area contributed by atoms with E-state index in [2.05, 4.69) is 10.2 Å². The molecular formula is C21H21N3O5. The minimum absolute atomic E-state index is 0.0878. The molecule has 1 aliphatic heterocycles. The fourth-order valence-corrected chi connectivity index (χ4v) is 3.07. The van der Waals surface area contributed by atoms with Crippen molar-refractivity contribution >= 4 is 11.8 Å². The van der Waals surface area contributed by atoms with Crippen LogP contribution in [-0.2, 0) is 11.3 Å². The Labute approximate surface area is 167 Å². The molecule has 0 aliphatic carbocycles. The Morgan fingerprint density at radius 3 is 2.62 bits per heavy atom. The number of aliphatic hydroxyl groups excluding tert-OH is 1. The van der Waals surface area contributed by atoms with Crippen molar-refractivity contribution in [1.29, 1.82) is 0 Å². The summed E-state index contributed by atoms with van der Waals surface area (Å²) < 4.78 is 16.5. The SMILES string of the molecule is O=C(OCc1ccc2c(c1)OCCO2)N(CCO)c1ccc(-c2cn[nH]c2)cc1. The van der Waals surface area contributed by atoms with Gasteiger partial charge < -0.3 is 19.3 Å². The van der Waals surface area contributed by atoms with Crippen LogP contribution < -0.4 is 14.4 Å². The molecular weight excluding hydrogens is 374 g/mol. The van der Waals surface area contributed by atoms with Gasteiger partial charge in [-0.05, 0) is 35.4 Å². The van der Waals surface area contributed by atoms with Crippen LogP contribution in [0.5, 0.6) is 11.5 Å². The molecule has 4 rings (SSSR count). The molecule has 0 spiro atoms. The summed E-state index contributed by atoms with van der Waals surface area (Å²) in [5, 5.41) is 16.1. The Morgan fingerprint density at radius 1 is 1.10 bits per heavy atom. The number of anilines is 1. The van der Waals surface area contributed by atoms with Gasteiger partial charge in [0.05, 0.1) is 19.3 Å². The number of nitrogens with one attached hydrogen (secondary N) is 1. The van der Waals surface area contributed by atoms with E-state index in [4.69, 9.17) is 14.2 Å². The molecule has 2 aromatic carbocycles. The molecule has 0 radical (unpaired) electrons. The Bertz CT molecular complexity index is 957. The summed E-state index contributed by atoms with van der Waals surface area (Å²) in [6.45, 7) is 1.06. The largest absolute Gasteiger partial charge is 0.486 e. The zero-order valence-electron chi connectivity index (χ0n) is 15.7. The van der Waals surface area contributed by atoms with E-state index in [0.717, 1.165) is 16.7 Å². The van der Waals surface area contributed by atoms with Crippen LogP contribution in [0.25, 0.3) is 11.1 Å². The minimum Gasteiger partial charge on any atom is -0.486 e. The number of hydrogen-bond donors (Lipinski definition) is 2. The maximum absolute atomic E-state index is 12.6. The predicted octanol–water partition coefficient (Wildman–Crippen LogP) is 2.98. The molecule has 8 heteroatoms. The second-order valence-corrected chi connectivity index (χ2v) is 6.44. The van der Waals surface area contributed by atoms with E-state index < -0.39 is 6.09 Å². The Balaban J connectivity index is 1.43. The molecule has 0 atom stereocenters. The zero-order chi connectivity index (χ0) is 20.1. The summed E-state index contributed by atoms with van der Waals surface area (Å²) >= 11 is 0. The van der Waals surface area contributed by atoms with Gasteiger partial charge in [0.25, 0.3) is 0 Å². The normalized spacial score (nSPS) is 12.4. The quantitative estimate of drug-likeness (QED) is 0.666. The van der Waals surface area contributed by atoms with Gasteiger partial charge in [0.15, 0.2) is 11.5 Å². The number of aromatic nitrogens is 2. The maximum atomic E-state index is 12.6. The molecule has 3 aromatic rings. The first-order chi connectivity index (χ1) is 14.2. The van der Waals surface area contributed by atoms with Gasteiger partial charge in [-0.25, -0.2) is 4.79 Å². The van der Waals surface area contributed by atoms with Crippen molar-refractivity contribution < 1.29 is 24.1 Å². The summed E-state index contributed by atoms with van der Waals surface area (Å²) in [5.41, 5.74) is 3.35. The van der Waals surface area contributed by atoms with Crippen molar-refractivity contribution in [1.82, 2.24) is 10.2 Å². The number of benzene rings is 2. The third kappa shape index (κ3) is 4.33. The van der Waals surface area contributed by atoms with E-state index in [9.17, 15) is 9.90 Å². The van der Waals surface area contributed by atoms with Gasteiger partial charge in [0.2, 0.25) is 0 Å². The molecule has 0 unspecified atom stereocenters. The first kappa shape index (κ1) is 18.8. The fraction of sp³-hybridized carbons (Fsp3) is 0.238. The molecule has 1 aromatic heterocycles. The molecule has 2 heterocycles. The number of amides is 1. The van der Waals surface area contributed by atoms with Crippen LogP contribution in [0.3, 0.4) is 0 Å². The number of aromatic amines is 1. The van der Waals surface area contributed by atoms with Crippen molar-refractivity contribution in [2.75, 3.05) is 31.3 Å². The smallest absolute Gasteiger partial charge is 0.414 e. The van der Waals surface area contributed by atoms with Crippen molar-refractivity contribution in [3.63, 3.8) is 0 Å². The average Bonchev–Trinajstić information content (AvgIpc) is 3.31. The van der Waals surface area contributed by atoms with Crippen LogP contribution in [0.1, 0.15) is 5.56 Å². The van der Waals surface area contributed by atoms with Crippen LogP contribution in [-0.4, -0.2) is 47.8 Å². The van der Waals surface area contributed by atoms with Crippen LogP contribution in [0, 0.1) is 0 Å². The van der Waals surface area contributed by atoms with Crippen LogP contribution >= 0.6 is 0 Å². The Morgan fingerprint density at radius 2 is 1.90 bits per heavy atom. The van der Waals surface area contributed by atoms with Crippen molar-refractivity contribution in [2.45, 2.75) is 6.61 Å². The summed E-state index contributed by atoms with van der Waals surface area (Å²) in [6.07, 6.45) is 2.98. The van der Waals surface area contributed by atoms with Gasteiger partial charge >= 0.3 is 6.09 Å². The molecule has 0 saturated heterocycles. The van der Waals surface area contributed by atoms with E-state index in [1.807, 2.05) is 30.3 Å². The summed E-state index contributed by atoms with van der Waals surface area (Å²) in [7, 11) is 0. The van der Waals surface area contributed by atoms with E-state index >= 15 is 0 Å². The van der Waals surface area contributed by atoms with Gasteiger partial charge in [0, 0.05) is 17.4 Å². The van der Waals surface area contributed by atoms with Crippen LogP contribution in [0.4, 0.5) is 10.5 Å². The molecule has 0 bridgehead atoms. The first-order valence-electron chi connectivity index (χ1n) is 9.27. The summed E-state index contributed by atoms with van der Waals surface area (Å²) in [5.74, 6) is 1.33. The number of H-pyrrole nitrogens is 1. The first-order valence-corrected chi connectivity index (χ1v) is 9.27. The van der Waals surface area contributed by atoms with Crippen molar-refractivity contribution in [3.05, 3.63) is 60.4 Å². The third-order valence-corrected chi connectivity index (χ3v) is 4.52. The van der Waals surface area contributed by atoms with Gasteiger partial charge in [-0.1, -0.05) is 18.2 Å². The van der Waals surface area contributed by atoms with Crippen LogP contribution in [0.15, 0.2) is 54.9 Å². The number of fused-ring (bicyclic) bond motifs is 1. The van der Waals surface area contributed by atoms with Gasteiger partial charge in [0.1, 0.15) is 19.8 Å². The van der Waals surface area contributed by atoms with Gasteiger partial charge in [-0.15, -0.1) is 0 Å². The lowest BCUT2D eigenvalue weighted by molar-refractivity contribution is 0.144. The third-order valence-electron chi connectivity index (χ3n) is 4.52. The van der Waals surface area contributed by atoms with Gasteiger partial charge in [-0.2, -0.15) is 5.10 Å². The molecule has 150 valence electrons. The molecule has 29 heavy (non-hydrogen) atoms. The number of hydrogen-bond acceptors (Lipinski definition) is 6. The lowest BCUT2D eigenvalue weighted by Crippen LogP contribution is -2.34. The van der Waals surface area contributed by atoms with E-state index in [1.54, 1.807) is 24.5 Å². The number of nitrogens with zero attached hydrogens (tertiary/aromatic N) is 2. The number of rotatable bonds is 6. The van der Waals surface area contributed by atoms with E-state index in [0.29, 0.717) is 30.4 Å². The number of carbonyl (C=O) groups excluding carboxylic acids is 1. The summed E-state index contributed by atoms with van der Waals surface area (Å²) in [4.78, 5) is 14.0. The van der Waals surface area contributed by atoms with Crippen molar-refractivity contribution in [2.24, 2.45) is 0 Å². The predicted molar refractivity (Wildman–Crippen MR) is 106 cm³/mol. The lowest BCUT2D eigenvalue weighted by atomic mass is 10.1. The van der Waals surface area contributed by atoms with Gasteiger partial charge in [-0.3, -0.25) is 10.00 Å². The Kier molecular flexibility index (Phi) is 5.62. The average molecular weight is 395 g/mol. The molecule has 0 saturated carbocycles. The standard InChI is InChI=1S/C21H21N3O5/c25-8-7-24(18-4-2-16(3-5-18)17-12-22-23-13-17)21(26)29-14-15-1-6-19-20(11-15)28-10-9-27-19/h1-6,11-13,25H,7-10,14H2,(H,22,23). The van der Waals surface area contributed by atoms with Crippen molar-refractivity contribution in [3.8, 4) is 22.6 Å². The maximum Gasteiger partial charge on any atom is 0.414 e. The minimum atomic E-state index is -0.537. The van der Waals surface area contributed by atoms with Crippen LogP contribution in [0.2, 0.25) is 0 Å². The van der Waals surface area contributed by atoms with E-state index in [1.165, 1.54) is 4.90 Å². The highest BCUT2D eigenvalue weighted by atomic mass is 16.6. The highest BCUT2D eigenvalue weighted by Crippen LogP contribution is 2.31. The fourth-order valence-electron chi connectivity index (χ4n) is 3.07. The highest BCUT2D eigenvalue weighted by Gasteiger charge is 2.18. The second-order valence-electron chi connectivity index (χ2n) is 6.44. The Hall–Kier alpha value is -3.52. The monoisotopic (exact) mass is 395 g/mol. The second kappa shape index (κ2) is 8.66. The number of carbonyl (C=O) groups is 1. The number of aliphatic hydroxyl groups is 1. The zero-order valence-corrected chi connectivity index (χ0v) is 15.7. The highest BCUT2D eigenvalue weighted by molar-refractivity contribution is 5.88. The lowest BCUT2D eigenvalue weighted by Gasteiger charge is -2.22. The molecule has 1 amide bonds. The molecule has 2 N–H and O–H groups in total. The topological polar surface area (TPSA) is 96.9 Å². The molecule has 8 nitrogen and oxygen atoms in total. The number of ether oxygens (including phenoxy) is 3. The molecule has 0 fully saturated rings. The van der Waals surface area contributed by atoms with E-state index in [-0.39, 0.29) is 19.8 Å². The molecule has 1 aliphatic rings.